The maximum absolute atomic E-state index is 12.9. The van der Waals surface area contributed by atoms with E-state index in [1.807, 2.05) is 0 Å². The molecular formula is C70H122O6. The maximum Gasteiger partial charge on any atom is 0.306 e. The highest BCUT2D eigenvalue weighted by atomic mass is 16.6. The summed E-state index contributed by atoms with van der Waals surface area (Å²) in [5, 5.41) is 0. The summed E-state index contributed by atoms with van der Waals surface area (Å²) in [6.45, 7) is 6.43. The third-order valence-electron chi connectivity index (χ3n) is 14.1. The molecule has 0 bridgehead atoms. The standard InChI is InChI=1S/C70H122O6/c1-4-7-10-13-16-19-22-25-27-29-31-33-35-37-38-40-42-45-48-51-54-57-60-63-69(72)75-66-67(65-74-68(71)62-59-56-53-50-47-44-24-21-18-15-12-9-6-3)76-70(73)64-61-58-55-52-49-46-43-41-39-36-34-32-30-28-26-23-20-17-14-11-8-5-2/h7,9-10,12,16,18-19,21,25,27,31,33,44,47,67H,4-6,8,11,13-15,17,20,22-24,26,28-30,32,34-43,45-46,48-66H2,1-3H3/b10-7-,12-9-,19-16-,21-18-,27-25-,33-31-,47-44-. The van der Waals surface area contributed by atoms with Crippen molar-refractivity contribution in [3.63, 3.8) is 0 Å². The SMILES string of the molecule is CC/C=C\C/C=C\C/C=C\C/C=C\CCCCCCCCCCCCC(=O)OCC(COC(=O)CCCCC/C=C\C/C=C\C/C=C\CC)OC(=O)CCCCCCCCCCCCCCCCCCCCCCCC. The van der Waals surface area contributed by atoms with E-state index in [0.29, 0.717) is 19.3 Å². The highest BCUT2D eigenvalue weighted by molar-refractivity contribution is 5.71. The summed E-state index contributed by atoms with van der Waals surface area (Å²) in [6, 6.07) is 0. The van der Waals surface area contributed by atoms with Gasteiger partial charge in [0.1, 0.15) is 13.2 Å². The lowest BCUT2D eigenvalue weighted by atomic mass is 10.0. The van der Waals surface area contributed by atoms with Gasteiger partial charge in [-0.05, 0) is 89.9 Å². The molecule has 6 nitrogen and oxygen atoms in total. The van der Waals surface area contributed by atoms with E-state index in [1.165, 1.54) is 173 Å². The molecule has 0 aromatic rings. The van der Waals surface area contributed by atoms with Gasteiger partial charge in [0.15, 0.2) is 6.10 Å². The molecule has 0 aromatic carbocycles. The molecule has 6 heteroatoms. The van der Waals surface area contributed by atoms with Gasteiger partial charge in [-0.3, -0.25) is 14.4 Å². The van der Waals surface area contributed by atoms with E-state index < -0.39 is 6.10 Å². The largest absolute Gasteiger partial charge is 0.462 e. The molecule has 0 aromatic heterocycles. The fourth-order valence-electron chi connectivity index (χ4n) is 9.33. The smallest absolute Gasteiger partial charge is 0.306 e. The van der Waals surface area contributed by atoms with Crippen LogP contribution in [-0.4, -0.2) is 37.2 Å². The summed E-state index contributed by atoms with van der Waals surface area (Å²) < 4.78 is 16.9. The lowest BCUT2D eigenvalue weighted by molar-refractivity contribution is -0.167. The Labute approximate surface area is 471 Å². The van der Waals surface area contributed by atoms with Crippen LogP contribution in [-0.2, 0) is 28.6 Å². The molecule has 0 N–H and O–H groups in total. The van der Waals surface area contributed by atoms with Gasteiger partial charge in [0.2, 0.25) is 0 Å². The number of rotatable bonds is 59. The molecule has 0 rings (SSSR count). The van der Waals surface area contributed by atoms with Crippen molar-refractivity contribution in [2.45, 2.75) is 329 Å². The highest BCUT2D eigenvalue weighted by Crippen LogP contribution is 2.17. The summed E-state index contributed by atoms with van der Waals surface area (Å²) in [6.07, 6.45) is 84.6. The Morgan fingerprint density at radius 1 is 0.276 bits per heavy atom. The number of carbonyl (C=O) groups is 3. The first-order valence-electron chi connectivity index (χ1n) is 32.6. The van der Waals surface area contributed by atoms with E-state index in [0.717, 1.165) is 109 Å². The minimum atomic E-state index is -0.790. The van der Waals surface area contributed by atoms with Crippen LogP contribution in [0, 0.1) is 0 Å². The number of ether oxygens (including phenoxy) is 3. The number of allylic oxidation sites excluding steroid dienone is 14. The monoisotopic (exact) mass is 1060 g/mol. The van der Waals surface area contributed by atoms with E-state index in [1.54, 1.807) is 0 Å². The summed E-state index contributed by atoms with van der Waals surface area (Å²) in [7, 11) is 0. The summed E-state index contributed by atoms with van der Waals surface area (Å²) in [4.78, 5) is 38.3. The number of hydrogen-bond donors (Lipinski definition) is 0. The fraction of sp³-hybridized carbons (Fsp3) is 0.757. The predicted molar refractivity (Wildman–Crippen MR) is 330 cm³/mol. The molecular weight excluding hydrogens is 937 g/mol. The molecule has 0 saturated heterocycles. The highest BCUT2D eigenvalue weighted by Gasteiger charge is 2.19. The number of carbonyl (C=O) groups excluding carboxylic acids is 3. The fourth-order valence-corrected chi connectivity index (χ4v) is 9.33. The first kappa shape index (κ1) is 72.6. The number of unbranched alkanes of at least 4 members (excludes halogenated alkanes) is 34. The molecule has 0 radical (unpaired) electrons. The molecule has 1 atom stereocenters. The first-order chi connectivity index (χ1) is 37.5. The Kier molecular flexibility index (Phi) is 61.2. The second kappa shape index (κ2) is 64.1. The van der Waals surface area contributed by atoms with Crippen molar-refractivity contribution in [2.24, 2.45) is 0 Å². The minimum absolute atomic E-state index is 0.0857. The van der Waals surface area contributed by atoms with Gasteiger partial charge in [-0.2, -0.15) is 0 Å². The molecule has 438 valence electrons. The van der Waals surface area contributed by atoms with Gasteiger partial charge in [-0.15, -0.1) is 0 Å². The zero-order valence-electron chi connectivity index (χ0n) is 50.3. The lowest BCUT2D eigenvalue weighted by Gasteiger charge is -2.18. The van der Waals surface area contributed by atoms with Crippen LogP contribution in [0.5, 0.6) is 0 Å². The van der Waals surface area contributed by atoms with Gasteiger partial charge in [-0.25, -0.2) is 0 Å². The van der Waals surface area contributed by atoms with Crippen molar-refractivity contribution >= 4 is 17.9 Å². The van der Waals surface area contributed by atoms with E-state index in [9.17, 15) is 14.4 Å². The van der Waals surface area contributed by atoms with Gasteiger partial charge in [0.05, 0.1) is 0 Å². The Hall–Kier alpha value is -3.41. The molecule has 1 unspecified atom stereocenters. The van der Waals surface area contributed by atoms with Crippen LogP contribution in [0.25, 0.3) is 0 Å². The van der Waals surface area contributed by atoms with Gasteiger partial charge >= 0.3 is 17.9 Å². The van der Waals surface area contributed by atoms with Crippen molar-refractivity contribution in [2.75, 3.05) is 13.2 Å². The Bertz CT molecular complexity index is 1450. The van der Waals surface area contributed by atoms with Crippen LogP contribution < -0.4 is 0 Å². The lowest BCUT2D eigenvalue weighted by Crippen LogP contribution is -2.30. The Balaban J connectivity index is 4.31. The topological polar surface area (TPSA) is 78.9 Å². The second-order valence-corrected chi connectivity index (χ2v) is 21.6. The quantitative estimate of drug-likeness (QED) is 0.0261. The third-order valence-corrected chi connectivity index (χ3v) is 14.1. The normalized spacial score (nSPS) is 12.6. The molecule has 0 aliphatic heterocycles. The average molecular weight is 1060 g/mol. The van der Waals surface area contributed by atoms with Gasteiger partial charge in [0, 0.05) is 19.3 Å². The molecule has 0 saturated carbocycles. The molecule has 0 aliphatic rings. The summed E-state index contributed by atoms with van der Waals surface area (Å²) >= 11 is 0. The zero-order valence-corrected chi connectivity index (χ0v) is 50.3. The Morgan fingerprint density at radius 2 is 0.513 bits per heavy atom. The maximum atomic E-state index is 12.9. The second-order valence-electron chi connectivity index (χ2n) is 21.6. The van der Waals surface area contributed by atoms with E-state index >= 15 is 0 Å². The van der Waals surface area contributed by atoms with Crippen molar-refractivity contribution in [1.29, 1.82) is 0 Å². The van der Waals surface area contributed by atoms with Gasteiger partial charge in [-0.1, -0.05) is 298 Å². The van der Waals surface area contributed by atoms with Crippen molar-refractivity contribution in [1.82, 2.24) is 0 Å². The third kappa shape index (κ3) is 61.4. The van der Waals surface area contributed by atoms with Crippen molar-refractivity contribution in [3.05, 3.63) is 85.1 Å². The van der Waals surface area contributed by atoms with Crippen LogP contribution in [0.2, 0.25) is 0 Å². The zero-order chi connectivity index (χ0) is 55.0. The average Bonchev–Trinajstić information content (AvgIpc) is 3.42. The van der Waals surface area contributed by atoms with E-state index in [4.69, 9.17) is 14.2 Å². The molecule has 0 heterocycles. The summed E-state index contributed by atoms with van der Waals surface area (Å²) in [5.41, 5.74) is 0. The molecule has 76 heavy (non-hydrogen) atoms. The van der Waals surface area contributed by atoms with Crippen molar-refractivity contribution in [3.8, 4) is 0 Å². The van der Waals surface area contributed by atoms with Gasteiger partial charge in [0.25, 0.3) is 0 Å². The van der Waals surface area contributed by atoms with Gasteiger partial charge < -0.3 is 14.2 Å². The van der Waals surface area contributed by atoms with Crippen LogP contribution in [0.3, 0.4) is 0 Å². The van der Waals surface area contributed by atoms with Crippen LogP contribution in [0.15, 0.2) is 85.1 Å². The van der Waals surface area contributed by atoms with E-state index in [2.05, 4.69) is 106 Å². The molecule has 0 spiro atoms. The molecule has 0 amide bonds. The van der Waals surface area contributed by atoms with Crippen LogP contribution in [0.4, 0.5) is 0 Å². The number of hydrogen-bond acceptors (Lipinski definition) is 6. The van der Waals surface area contributed by atoms with Crippen LogP contribution >= 0.6 is 0 Å². The molecule has 0 aliphatic carbocycles. The summed E-state index contributed by atoms with van der Waals surface area (Å²) in [5.74, 6) is -0.905. The molecule has 0 fully saturated rings. The number of esters is 3. The van der Waals surface area contributed by atoms with Crippen LogP contribution in [0.1, 0.15) is 323 Å². The first-order valence-corrected chi connectivity index (χ1v) is 32.6. The minimum Gasteiger partial charge on any atom is -0.462 e. The van der Waals surface area contributed by atoms with Crippen molar-refractivity contribution < 1.29 is 28.6 Å². The Morgan fingerprint density at radius 3 is 0.816 bits per heavy atom. The van der Waals surface area contributed by atoms with E-state index in [-0.39, 0.29) is 31.1 Å². The predicted octanol–water partition coefficient (Wildman–Crippen LogP) is 22.3.